The van der Waals surface area contributed by atoms with Crippen LogP contribution in [-0.4, -0.2) is 33.4 Å². The quantitative estimate of drug-likeness (QED) is 0.862. The van der Waals surface area contributed by atoms with Gasteiger partial charge in [0.05, 0.1) is 16.8 Å². The van der Waals surface area contributed by atoms with Crippen molar-refractivity contribution in [1.82, 2.24) is 15.3 Å². The van der Waals surface area contributed by atoms with Crippen molar-refractivity contribution in [2.45, 2.75) is 39.4 Å². The lowest BCUT2D eigenvalue weighted by Crippen LogP contribution is -2.28. The first-order valence-corrected chi connectivity index (χ1v) is 8.35. The summed E-state index contributed by atoms with van der Waals surface area (Å²) >= 11 is 1.66. The van der Waals surface area contributed by atoms with Crippen LogP contribution in [0.2, 0.25) is 0 Å². The summed E-state index contributed by atoms with van der Waals surface area (Å²) in [4.78, 5) is 19.6. The van der Waals surface area contributed by atoms with Gasteiger partial charge in [-0.25, -0.2) is 4.98 Å². The molecule has 0 saturated carbocycles. The zero-order valence-electron chi connectivity index (χ0n) is 13.1. The van der Waals surface area contributed by atoms with Gasteiger partial charge in [0.2, 0.25) is 5.91 Å². The number of aromatic nitrogens is 2. The average molecular weight is 305 g/mol. The van der Waals surface area contributed by atoms with Gasteiger partial charge < -0.3 is 10.3 Å². The van der Waals surface area contributed by atoms with Crippen LogP contribution in [0.25, 0.3) is 11.0 Å². The van der Waals surface area contributed by atoms with Crippen molar-refractivity contribution < 1.29 is 4.79 Å². The fourth-order valence-electron chi connectivity index (χ4n) is 2.10. The number of aromatic amines is 1. The number of thioether (sulfide) groups is 1. The monoisotopic (exact) mass is 305 g/mol. The summed E-state index contributed by atoms with van der Waals surface area (Å²) in [5.74, 6) is 1.54. The topological polar surface area (TPSA) is 57.8 Å². The van der Waals surface area contributed by atoms with E-state index in [4.69, 9.17) is 0 Å². The summed E-state index contributed by atoms with van der Waals surface area (Å²) in [5.41, 5.74) is 4.56. The number of benzene rings is 1. The Morgan fingerprint density at radius 3 is 2.86 bits per heavy atom. The lowest BCUT2D eigenvalue weighted by molar-refractivity contribution is -0.118. The molecule has 21 heavy (non-hydrogen) atoms. The highest BCUT2D eigenvalue weighted by molar-refractivity contribution is 8.00. The minimum Gasteiger partial charge on any atom is -0.355 e. The van der Waals surface area contributed by atoms with E-state index < -0.39 is 0 Å². The minimum atomic E-state index is 0.0943. The van der Waals surface area contributed by atoms with Crippen molar-refractivity contribution in [2.75, 3.05) is 12.3 Å². The van der Waals surface area contributed by atoms with Gasteiger partial charge in [-0.3, -0.25) is 4.79 Å². The number of carbonyl (C=O) groups is 1. The van der Waals surface area contributed by atoms with Crippen LogP contribution >= 0.6 is 11.8 Å². The molecule has 0 spiro atoms. The molecule has 1 heterocycles. The lowest BCUT2D eigenvalue weighted by Gasteiger charge is -2.05. The van der Waals surface area contributed by atoms with Crippen molar-refractivity contribution in [3.05, 3.63) is 29.1 Å². The van der Waals surface area contributed by atoms with E-state index in [9.17, 15) is 4.79 Å². The maximum Gasteiger partial charge on any atom is 0.230 e. The second-order valence-electron chi connectivity index (χ2n) is 5.55. The smallest absolute Gasteiger partial charge is 0.230 e. The molecule has 2 rings (SSSR count). The fraction of sp³-hybridized carbons (Fsp3) is 0.500. The molecule has 0 saturated heterocycles. The van der Waals surface area contributed by atoms with Crippen LogP contribution in [0.15, 0.2) is 12.1 Å². The number of amides is 1. The number of H-pyrrole nitrogens is 1. The highest BCUT2D eigenvalue weighted by Crippen LogP contribution is 2.19. The largest absolute Gasteiger partial charge is 0.355 e. The van der Waals surface area contributed by atoms with E-state index in [0.29, 0.717) is 17.5 Å². The van der Waals surface area contributed by atoms with Crippen LogP contribution < -0.4 is 5.32 Å². The van der Waals surface area contributed by atoms with Crippen molar-refractivity contribution in [2.24, 2.45) is 0 Å². The Labute approximate surface area is 130 Å². The van der Waals surface area contributed by atoms with Gasteiger partial charge in [0.1, 0.15) is 5.82 Å². The summed E-state index contributed by atoms with van der Waals surface area (Å²) < 4.78 is 0. The zero-order chi connectivity index (χ0) is 15.4. The third kappa shape index (κ3) is 4.24. The zero-order valence-corrected chi connectivity index (χ0v) is 13.9. The summed E-state index contributed by atoms with van der Waals surface area (Å²) in [6.07, 6.45) is 0.727. The third-order valence-corrected chi connectivity index (χ3v) is 4.55. The predicted molar refractivity (Wildman–Crippen MR) is 89.9 cm³/mol. The molecule has 2 N–H and O–H groups in total. The fourth-order valence-corrected chi connectivity index (χ4v) is 2.68. The molecular formula is C16H23N3OS. The summed E-state index contributed by atoms with van der Waals surface area (Å²) in [6.45, 7) is 8.99. The number of aryl methyl sites for hydroxylation is 2. The number of nitrogens with zero attached hydrogens (tertiary/aromatic N) is 1. The molecule has 1 aromatic heterocycles. The van der Waals surface area contributed by atoms with E-state index in [2.05, 4.69) is 55.1 Å². The number of fused-ring (bicyclic) bond motifs is 1. The van der Waals surface area contributed by atoms with Gasteiger partial charge in [-0.1, -0.05) is 19.9 Å². The second kappa shape index (κ2) is 6.98. The van der Waals surface area contributed by atoms with E-state index in [1.165, 1.54) is 11.1 Å². The Bertz CT molecular complexity index is 634. The van der Waals surface area contributed by atoms with E-state index >= 15 is 0 Å². The van der Waals surface area contributed by atoms with Crippen molar-refractivity contribution in [1.29, 1.82) is 0 Å². The van der Waals surface area contributed by atoms with Gasteiger partial charge in [-0.15, -0.1) is 11.8 Å². The summed E-state index contributed by atoms with van der Waals surface area (Å²) in [6, 6.07) is 4.16. The number of rotatable bonds is 6. The normalized spacial score (nSPS) is 11.3. The molecule has 1 aromatic carbocycles. The van der Waals surface area contributed by atoms with Gasteiger partial charge >= 0.3 is 0 Å². The first kappa shape index (κ1) is 15.9. The van der Waals surface area contributed by atoms with E-state index in [1.54, 1.807) is 11.8 Å². The summed E-state index contributed by atoms with van der Waals surface area (Å²) in [5, 5.41) is 3.42. The maximum absolute atomic E-state index is 11.6. The van der Waals surface area contributed by atoms with Crippen LogP contribution in [0.1, 0.15) is 30.8 Å². The van der Waals surface area contributed by atoms with Crippen LogP contribution in [0.4, 0.5) is 0 Å². The van der Waals surface area contributed by atoms with Gasteiger partial charge in [0, 0.05) is 13.0 Å². The van der Waals surface area contributed by atoms with Gasteiger partial charge in [-0.2, -0.15) is 0 Å². The number of imidazole rings is 1. The molecule has 0 radical (unpaired) electrons. The minimum absolute atomic E-state index is 0.0943. The molecule has 4 nitrogen and oxygen atoms in total. The van der Waals surface area contributed by atoms with Crippen LogP contribution in [0.3, 0.4) is 0 Å². The standard InChI is InChI=1S/C16H23N3OS/c1-10(2)21-9-15(20)17-8-7-14-18-13-6-5-11(3)12(4)16(13)19-14/h5-6,10H,7-9H2,1-4H3,(H,17,20)(H,18,19). The van der Waals surface area contributed by atoms with Gasteiger partial charge in [0.25, 0.3) is 0 Å². The third-order valence-electron chi connectivity index (χ3n) is 3.46. The number of hydrogen-bond acceptors (Lipinski definition) is 3. The molecule has 5 heteroatoms. The Morgan fingerprint density at radius 1 is 1.38 bits per heavy atom. The van der Waals surface area contributed by atoms with Crippen LogP contribution in [0, 0.1) is 13.8 Å². The number of carbonyl (C=O) groups excluding carboxylic acids is 1. The Hall–Kier alpha value is -1.49. The predicted octanol–water partition coefficient (Wildman–Crippen LogP) is 2.98. The average Bonchev–Trinajstić information content (AvgIpc) is 2.84. The van der Waals surface area contributed by atoms with Crippen LogP contribution in [-0.2, 0) is 11.2 Å². The second-order valence-corrected chi connectivity index (χ2v) is 7.11. The highest BCUT2D eigenvalue weighted by atomic mass is 32.2. The molecule has 0 aliphatic heterocycles. The highest BCUT2D eigenvalue weighted by Gasteiger charge is 2.08. The molecule has 114 valence electrons. The van der Waals surface area contributed by atoms with Crippen molar-refractivity contribution in [3.63, 3.8) is 0 Å². The first-order chi connectivity index (χ1) is 9.97. The molecular weight excluding hydrogens is 282 g/mol. The van der Waals surface area contributed by atoms with Gasteiger partial charge in [-0.05, 0) is 36.3 Å². The Balaban J connectivity index is 1.89. The lowest BCUT2D eigenvalue weighted by atomic mass is 10.1. The molecule has 0 atom stereocenters. The number of hydrogen-bond donors (Lipinski definition) is 2. The van der Waals surface area contributed by atoms with Crippen LogP contribution in [0.5, 0.6) is 0 Å². The number of nitrogens with one attached hydrogen (secondary N) is 2. The maximum atomic E-state index is 11.6. The molecule has 0 aliphatic rings. The van der Waals surface area contributed by atoms with Crippen molar-refractivity contribution in [3.8, 4) is 0 Å². The SMILES string of the molecule is Cc1ccc2[nH]c(CCNC(=O)CSC(C)C)nc2c1C. The summed E-state index contributed by atoms with van der Waals surface area (Å²) in [7, 11) is 0. The molecule has 0 fully saturated rings. The molecule has 0 bridgehead atoms. The molecule has 0 unspecified atom stereocenters. The molecule has 2 aromatic rings. The first-order valence-electron chi connectivity index (χ1n) is 7.30. The van der Waals surface area contributed by atoms with E-state index in [1.807, 2.05) is 0 Å². The Morgan fingerprint density at radius 2 is 2.14 bits per heavy atom. The molecule has 0 aliphatic carbocycles. The van der Waals surface area contributed by atoms with E-state index in [0.717, 1.165) is 23.3 Å². The van der Waals surface area contributed by atoms with Crippen molar-refractivity contribution >= 4 is 28.7 Å². The van der Waals surface area contributed by atoms with Gasteiger partial charge in [0.15, 0.2) is 0 Å². The molecule has 1 amide bonds. The Kier molecular flexibility index (Phi) is 5.28. The van der Waals surface area contributed by atoms with E-state index in [-0.39, 0.29) is 5.91 Å².